The van der Waals surface area contributed by atoms with Crippen LogP contribution in [0.1, 0.15) is 27.2 Å². The van der Waals surface area contributed by atoms with Crippen molar-refractivity contribution < 1.29 is 4.74 Å². The molecule has 0 heterocycles. The van der Waals surface area contributed by atoms with Crippen molar-refractivity contribution in [3.8, 4) is 5.75 Å². The van der Waals surface area contributed by atoms with Gasteiger partial charge in [0.2, 0.25) is 0 Å². The zero-order chi connectivity index (χ0) is 12.0. The second kappa shape index (κ2) is 6.77. The summed E-state index contributed by atoms with van der Waals surface area (Å²) >= 11 is 6.05. The SMILES string of the molecule is CCNC(CC)C(C)Oc1ccccc1Cl. The molecule has 2 unspecified atom stereocenters. The van der Waals surface area contributed by atoms with Crippen LogP contribution in [0.25, 0.3) is 0 Å². The lowest BCUT2D eigenvalue weighted by molar-refractivity contribution is 0.168. The topological polar surface area (TPSA) is 21.3 Å². The highest BCUT2D eigenvalue weighted by Gasteiger charge is 2.16. The molecule has 0 amide bonds. The van der Waals surface area contributed by atoms with Gasteiger partial charge in [0.15, 0.2) is 0 Å². The van der Waals surface area contributed by atoms with Crippen LogP contribution in [0.2, 0.25) is 5.02 Å². The zero-order valence-electron chi connectivity index (χ0n) is 10.2. The summed E-state index contributed by atoms with van der Waals surface area (Å²) < 4.78 is 5.86. The van der Waals surface area contributed by atoms with Crippen molar-refractivity contribution in [2.75, 3.05) is 6.54 Å². The van der Waals surface area contributed by atoms with Gasteiger partial charge in [0.05, 0.1) is 5.02 Å². The van der Waals surface area contributed by atoms with Crippen molar-refractivity contribution in [2.24, 2.45) is 0 Å². The molecule has 0 spiro atoms. The van der Waals surface area contributed by atoms with Crippen LogP contribution in [-0.2, 0) is 0 Å². The van der Waals surface area contributed by atoms with Crippen LogP contribution in [0.5, 0.6) is 5.75 Å². The van der Waals surface area contributed by atoms with E-state index >= 15 is 0 Å². The molecule has 16 heavy (non-hydrogen) atoms. The maximum absolute atomic E-state index is 6.05. The summed E-state index contributed by atoms with van der Waals surface area (Å²) in [4.78, 5) is 0. The average Bonchev–Trinajstić information content (AvgIpc) is 2.29. The lowest BCUT2D eigenvalue weighted by Crippen LogP contribution is -2.40. The molecule has 0 fully saturated rings. The summed E-state index contributed by atoms with van der Waals surface area (Å²) in [5.74, 6) is 0.757. The van der Waals surface area contributed by atoms with E-state index in [-0.39, 0.29) is 6.10 Å². The highest BCUT2D eigenvalue weighted by molar-refractivity contribution is 6.32. The van der Waals surface area contributed by atoms with E-state index in [9.17, 15) is 0 Å². The minimum absolute atomic E-state index is 0.116. The van der Waals surface area contributed by atoms with Gasteiger partial charge in [-0.05, 0) is 32.0 Å². The van der Waals surface area contributed by atoms with Gasteiger partial charge >= 0.3 is 0 Å². The summed E-state index contributed by atoms with van der Waals surface area (Å²) in [6.07, 6.45) is 1.16. The molecule has 0 aromatic heterocycles. The number of ether oxygens (including phenoxy) is 1. The minimum Gasteiger partial charge on any atom is -0.488 e. The first-order chi connectivity index (χ1) is 7.69. The van der Waals surface area contributed by atoms with Gasteiger partial charge in [0, 0.05) is 6.04 Å². The Hall–Kier alpha value is -0.730. The van der Waals surface area contributed by atoms with Gasteiger partial charge in [-0.15, -0.1) is 0 Å². The first kappa shape index (κ1) is 13.3. The van der Waals surface area contributed by atoms with Crippen LogP contribution in [0, 0.1) is 0 Å². The summed E-state index contributed by atoms with van der Waals surface area (Å²) in [5, 5.41) is 4.07. The highest BCUT2D eigenvalue weighted by atomic mass is 35.5. The Morgan fingerprint density at radius 3 is 2.56 bits per heavy atom. The summed E-state index contributed by atoms with van der Waals surface area (Å²) in [7, 11) is 0. The molecule has 2 atom stereocenters. The molecule has 0 aliphatic rings. The van der Waals surface area contributed by atoms with E-state index in [4.69, 9.17) is 16.3 Å². The van der Waals surface area contributed by atoms with Gasteiger partial charge in [-0.1, -0.05) is 37.6 Å². The fraction of sp³-hybridized carbons (Fsp3) is 0.538. The lowest BCUT2D eigenvalue weighted by Gasteiger charge is -2.24. The smallest absolute Gasteiger partial charge is 0.138 e. The Morgan fingerprint density at radius 1 is 1.31 bits per heavy atom. The summed E-state index contributed by atoms with van der Waals surface area (Å²) in [6, 6.07) is 7.94. The Labute approximate surface area is 103 Å². The summed E-state index contributed by atoms with van der Waals surface area (Å²) in [6.45, 7) is 7.28. The van der Waals surface area contributed by atoms with E-state index in [0.717, 1.165) is 18.7 Å². The molecule has 0 saturated carbocycles. The molecule has 0 bridgehead atoms. The van der Waals surface area contributed by atoms with Crippen molar-refractivity contribution >= 4 is 11.6 Å². The molecule has 1 rings (SSSR count). The Bertz CT molecular complexity index is 317. The van der Waals surface area contributed by atoms with Crippen molar-refractivity contribution in [1.82, 2.24) is 5.32 Å². The number of nitrogens with one attached hydrogen (secondary N) is 1. The van der Waals surface area contributed by atoms with Crippen LogP contribution in [0.3, 0.4) is 0 Å². The number of halogens is 1. The van der Waals surface area contributed by atoms with Gasteiger partial charge in [-0.25, -0.2) is 0 Å². The fourth-order valence-corrected chi connectivity index (χ4v) is 1.91. The first-order valence-corrected chi connectivity index (χ1v) is 6.21. The largest absolute Gasteiger partial charge is 0.488 e. The predicted octanol–water partition coefficient (Wildman–Crippen LogP) is 3.50. The van der Waals surface area contributed by atoms with Crippen molar-refractivity contribution in [1.29, 1.82) is 0 Å². The molecule has 2 nitrogen and oxygen atoms in total. The molecule has 3 heteroatoms. The number of hydrogen-bond donors (Lipinski definition) is 1. The van der Waals surface area contributed by atoms with Gasteiger partial charge in [0.1, 0.15) is 11.9 Å². The molecule has 0 saturated heterocycles. The number of para-hydroxylation sites is 1. The lowest BCUT2D eigenvalue weighted by atomic mass is 10.1. The zero-order valence-corrected chi connectivity index (χ0v) is 10.9. The molecule has 0 aliphatic heterocycles. The average molecular weight is 242 g/mol. The van der Waals surface area contributed by atoms with Crippen molar-refractivity contribution in [3.05, 3.63) is 29.3 Å². The van der Waals surface area contributed by atoms with Crippen LogP contribution in [-0.4, -0.2) is 18.7 Å². The Morgan fingerprint density at radius 2 is 2.00 bits per heavy atom. The van der Waals surface area contributed by atoms with Crippen molar-refractivity contribution in [3.63, 3.8) is 0 Å². The molecular weight excluding hydrogens is 222 g/mol. The van der Waals surface area contributed by atoms with Gasteiger partial charge in [0.25, 0.3) is 0 Å². The molecule has 1 N–H and O–H groups in total. The standard InChI is InChI=1S/C13H20ClNO/c1-4-12(15-5-2)10(3)16-13-9-7-6-8-11(13)14/h6-10,12,15H,4-5H2,1-3H3. The second-order valence-corrected chi connectivity index (χ2v) is 4.23. The monoisotopic (exact) mass is 241 g/mol. The Kier molecular flexibility index (Phi) is 5.64. The van der Waals surface area contributed by atoms with Crippen LogP contribution in [0.4, 0.5) is 0 Å². The van der Waals surface area contributed by atoms with Gasteiger partial charge in [-0.2, -0.15) is 0 Å². The fourth-order valence-electron chi connectivity index (χ4n) is 1.73. The maximum Gasteiger partial charge on any atom is 0.138 e. The molecule has 0 radical (unpaired) electrons. The van der Waals surface area contributed by atoms with E-state index < -0.39 is 0 Å². The van der Waals surface area contributed by atoms with Gasteiger partial charge < -0.3 is 10.1 Å². The number of likely N-dealkylation sites (N-methyl/N-ethyl adjacent to an activating group) is 1. The van der Waals surface area contributed by atoms with E-state index in [1.54, 1.807) is 0 Å². The second-order valence-electron chi connectivity index (χ2n) is 3.83. The third-order valence-electron chi connectivity index (χ3n) is 2.62. The van der Waals surface area contributed by atoms with Gasteiger partial charge in [-0.3, -0.25) is 0 Å². The third-order valence-corrected chi connectivity index (χ3v) is 2.93. The highest BCUT2D eigenvalue weighted by Crippen LogP contribution is 2.24. The van der Waals surface area contributed by atoms with E-state index in [0.29, 0.717) is 11.1 Å². The number of benzene rings is 1. The predicted molar refractivity (Wildman–Crippen MR) is 69.3 cm³/mol. The van der Waals surface area contributed by atoms with E-state index in [1.807, 2.05) is 24.3 Å². The molecule has 90 valence electrons. The first-order valence-electron chi connectivity index (χ1n) is 5.83. The van der Waals surface area contributed by atoms with E-state index in [1.165, 1.54) is 0 Å². The normalized spacial score (nSPS) is 14.5. The Balaban J connectivity index is 2.62. The van der Waals surface area contributed by atoms with Crippen molar-refractivity contribution in [2.45, 2.75) is 39.3 Å². The molecule has 1 aromatic rings. The molecule has 0 aliphatic carbocycles. The number of hydrogen-bond acceptors (Lipinski definition) is 2. The maximum atomic E-state index is 6.05. The third kappa shape index (κ3) is 3.69. The number of rotatable bonds is 6. The summed E-state index contributed by atoms with van der Waals surface area (Å²) in [5.41, 5.74) is 0. The van der Waals surface area contributed by atoms with Crippen LogP contribution in [0.15, 0.2) is 24.3 Å². The quantitative estimate of drug-likeness (QED) is 0.823. The van der Waals surface area contributed by atoms with E-state index in [2.05, 4.69) is 26.1 Å². The minimum atomic E-state index is 0.116. The van der Waals surface area contributed by atoms with Crippen LogP contribution >= 0.6 is 11.6 Å². The molecular formula is C13H20ClNO. The van der Waals surface area contributed by atoms with Crippen LogP contribution < -0.4 is 10.1 Å². The molecule has 1 aromatic carbocycles.